The normalized spacial score (nSPS) is 14.6. The Morgan fingerprint density at radius 1 is 1.09 bits per heavy atom. The van der Waals surface area contributed by atoms with Crippen LogP contribution >= 0.6 is 11.6 Å². The van der Waals surface area contributed by atoms with Gasteiger partial charge in [-0.05, 0) is 58.4 Å². The standard InChI is InChI=1S/C24H32ClN5O4/c1-6-33-21(31)19-17(2)26-22(25)27-20(19)30(18-10-8-7-9-11-18)16-28-12-14-29(15-13-28)23(32)34-24(3,4)5/h7-11H,6,12-16H2,1-5H3. The Morgan fingerprint density at radius 2 is 1.74 bits per heavy atom. The number of rotatable bonds is 6. The lowest BCUT2D eigenvalue weighted by atomic mass is 10.2. The van der Waals surface area contributed by atoms with Gasteiger partial charge in [-0.25, -0.2) is 14.6 Å². The number of hydrogen-bond donors (Lipinski definition) is 0. The molecule has 0 bridgehead atoms. The van der Waals surface area contributed by atoms with Crippen molar-refractivity contribution in [1.29, 1.82) is 0 Å². The molecule has 3 rings (SSSR count). The second-order valence-electron chi connectivity index (χ2n) is 8.99. The summed E-state index contributed by atoms with van der Waals surface area (Å²) < 4.78 is 10.8. The summed E-state index contributed by atoms with van der Waals surface area (Å²) in [6, 6.07) is 9.64. The number of amides is 1. The van der Waals surface area contributed by atoms with Crippen LogP contribution in [0.2, 0.25) is 5.28 Å². The maximum Gasteiger partial charge on any atom is 0.410 e. The molecular formula is C24H32ClN5O4. The summed E-state index contributed by atoms with van der Waals surface area (Å²) in [5.74, 6) is -0.112. The van der Waals surface area contributed by atoms with Gasteiger partial charge in [0.25, 0.3) is 0 Å². The molecule has 1 amide bonds. The van der Waals surface area contributed by atoms with E-state index in [2.05, 4.69) is 14.9 Å². The first kappa shape index (κ1) is 25.7. The molecule has 34 heavy (non-hydrogen) atoms. The first-order chi connectivity index (χ1) is 16.1. The van der Waals surface area contributed by atoms with Gasteiger partial charge in [-0.2, -0.15) is 4.98 Å². The molecule has 1 aromatic heterocycles. The van der Waals surface area contributed by atoms with Crippen LogP contribution in [0, 0.1) is 6.92 Å². The zero-order valence-corrected chi connectivity index (χ0v) is 21.1. The highest BCUT2D eigenvalue weighted by atomic mass is 35.5. The molecule has 1 aliphatic heterocycles. The van der Waals surface area contributed by atoms with Gasteiger partial charge in [-0.3, -0.25) is 4.90 Å². The maximum atomic E-state index is 12.8. The molecule has 2 heterocycles. The number of piperazine rings is 1. The molecule has 9 nitrogen and oxygen atoms in total. The van der Waals surface area contributed by atoms with Gasteiger partial charge in [-0.1, -0.05) is 18.2 Å². The number of para-hydroxylation sites is 1. The van der Waals surface area contributed by atoms with Crippen LogP contribution < -0.4 is 4.90 Å². The number of esters is 1. The van der Waals surface area contributed by atoms with E-state index in [4.69, 9.17) is 21.1 Å². The number of carbonyl (C=O) groups is 2. The van der Waals surface area contributed by atoms with Crippen molar-refractivity contribution >= 4 is 35.2 Å². The molecule has 0 atom stereocenters. The number of nitrogens with zero attached hydrogens (tertiary/aromatic N) is 5. The quantitative estimate of drug-likeness (QED) is 0.439. The Hall–Kier alpha value is -2.91. The van der Waals surface area contributed by atoms with Crippen molar-refractivity contribution < 1.29 is 19.1 Å². The number of aromatic nitrogens is 2. The van der Waals surface area contributed by atoms with Crippen LogP contribution in [0.15, 0.2) is 30.3 Å². The van der Waals surface area contributed by atoms with Crippen molar-refractivity contribution in [2.24, 2.45) is 0 Å². The molecule has 0 unspecified atom stereocenters. The minimum atomic E-state index is -0.536. The lowest BCUT2D eigenvalue weighted by Gasteiger charge is -2.38. The Labute approximate surface area is 205 Å². The molecule has 1 aromatic carbocycles. The van der Waals surface area contributed by atoms with E-state index in [9.17, 15) is 9.59 Å². The predicted octanol–water partition coefficient (Wildman–Crippen LogP) is 4.26. The second kappa shape index (κ2) is 11.0. The number of aryl methyl sites for hydroxylation is 1. The van der Waals surface area contributed by atoms with Crippen LogP contribution in [0.3, 0.4) is 0 Å². The minimum absolute atomic E-state index is 0.0521. The third-order valence-corrected chi connectivity index (χ3v) is 5.38. The maximum absolute atomic E-state index is 12.8. The van der Waals surface area contributed by atoms with Crippen molar-refractivity contribution in [2.45, 2.75) is 40.2 Å². The van der Waals surface area contributed by atoms with E-state index in [1.165, 1.54) is 0 Å². The SMILES string of the molecule is CCOC(=O)c1c(C)nc(Cl)nc1N(CN1CCN(C(=O)OC(C)(C)C)CC1)c1ccccc1. The Bertz CT molecular complexity index is 1000. The third kappa shape index (κ3) is 6.57. The van der Waals surface area contributed by atoms with Crippen LogP contribution in [0.25, 0.3) is 0 Å². The summed E-state index contributed by atoms with van der Waals surface area (Å²) in [4.78, 5) is 39.7. The Balaban J connectivity index is 1.86. The summed E-state index contributed by atoms with van der Waals surface area (Å²) >= 11 is 6.21. The molecule has 0 saturated carbocycles. The molecule has 10 heteroatoms. The Kier molecular flexibility index (Phi) is 8.33. The Morgan fingerprint density at radius 3 is 2.32 bits per heavy atom. The highest BCUT2D eigenvalue weighted by molar-refractivity contribution is 6.28. The average molecular weight is 490 g/mol. The highest BCUT2D eigenvalue weighted by Crippen LogP contribution is 2.30. The van der Waals surface area contributed by atoms with Gasteiger partial charge in [0, 0.05) is 31.9 Å². The lowest BCUT2D eigenvalue weighted by Crippen LogP contribution is -2.52. The zero-order chi connectivity index (χ0) is 24.9. The van der Waals surface area contributed by atoms with Crippen molar-refractivity contribution in [1.82, 2.24) is 19.8 Å². The number of carbonyl (C=O) groups excluding carboxylic acids is 2. The summed E-state index contributed by atoms with van der Waals surface area (Å²) in [5.41, 5.74) is 1.04. The van der Waals surface area contributed by atoms with Crippen LogP contribution in [0.5, 0.6) is 0 Å². The van der Waals surface area contributed by atoms with E-state index in [1.54, 1.807) is 18.7 Å². The molecule has 0 spiro atoms. The van der Waals surface area contributed by atoms with E-state index in [0.717, 1.165) is 5.69 Å². The summed E-state index contributed by atoms with van der Waals surface area (Å²) in [5, 5.41) is 0.0521. The smallest absolute Gasteiger partial charge is 0.410 e. The van der Waals surface area contributed by atoms with Crippen molar-refractivity contribution in [3.63, 3.8) is 0 Å². The van der Waals surface area contributed by atoms with E-state index in [1.807, 2.05) is 56.0 Å². The van der Waals surface area contributed by atoms with E-state index in [-0.39, 0.29) is 23.5 Å². The molecule has 1 saturated heterocycles. The summed E-state index contributed by atoms with van der Waals surface area (Å²) in [6.45, 7) is 12.0. The number of ether oxygens (including phenoxy) is 2. The van der Waals surface area contributed by atoms with E-state index >= 15 is 0 Å². The van der Waals surface area contributed by atoms with Gasteiger partial charge in [0.15, 0.2) is 5.82 Å². The molecule has 184 valence electrons. The van der Waals surface area contributed by atoms with Gasteiger partial charge in [-0.15, -0.1) is 0 Å². The number of benzene rings is 1. The van der Waals surface area contributed by atoms with Crippen molar-refractivity contribution in [3.05, 3.63) is 46.9 Å². The summed E-state index contributed by atoms with van der Waals surface area (Å²) in [6.07, 6.45) is -0.310. The van der Waals surface area contributed by atoms with E-state index < -0.39 is 11.6 Å². The molecule has 0 N–H and O–H groups in total. The van der Waals surface area contributed by atoms with Gasteiger partial charge in [0.1, 0.15) is 11.2 Å². The molecule has 1 fully saturated rings. The first-order valence-electron chi connectivity index (χ1n) is 11.3. The molecule has 1 aliphatic rings. The fourth-order valence-electron chi connectivity index (χ4n) is 3.64. The van der Waals surface area contributed by atoms with Crippen molar-refractivity contribution in [3.8, 4) is 0 Å². The molecule has 0 aliphatic carbocycles. The van der Waals surface area contributed by atoms with Crippen molar-refractivity contribution in [2.75, 3.05) is 44.4 Å². The van der Waals surface area contributed by atoms with Crippen LogP contribution in [0.1, 0.15) is 43.7 Å². The topological polar surface area (TPSA) is 88.1 Å². The second-order valence-corrected chi connectivity index (χ2v) is 9.33. The van der Waals surface area contributed by atoms with Gasteiger partial charge in [0.2, 0.25) is 5.28 Å². The monoisotopic (exact) mass is 489 g/mol. The molecular weight excluding hydrogens is 458 g/mol. The zero-order valence-electron chi connectivity index (χ0n) is 20.4. The number of halogens is 1. The number of hydrogen-bond acceptors (Lipinski definition) is 8. The lowest BCUT2D eigenvalue weighted by molar-refractivity contribution is 0.0146. The average Bonchev–Trinajstić information content (AvgIpc) is 2.77. The van der Waals surface area contributed by atoms with Gasteiger partial charge < -0.3 is 19.3 Å². The fraction of sp³-hybridized carbons (Fsp3) is 0.500. The van der Waals surface area contributed by atoms with Crippen LogP contribution in [-0.4, -0.2) is 76.9 Å². The minimum Gasteiger partial charge on any atom is -0.462 e. The fourth-order valence-corrected chi connectivity index (χ4v) is 3.85. The first-order valence-corrected chi connectivity index (χ1v) is 11.7. The predicted molar refractivity (Wildman–Crippen MR) is 131 cm³/mol. The third-order valence-electron chi connectivity index (χ3n) is 5.21. The van der Waals surface area contributed by atoms with Crippen LogP contribution in [0.4, 0.5) is 16.3 Å². The van der Waals surface area contributed by atoms with Gasteiger partial charge >= 0.3 is 12.1 Å². The number of anilines is 2. The molecule has 2 aromatic rings. The van der Waals surface area contributed by atoms with Gasteiger partial charge in [0.05, 0.1) is 19.0 Å². The molecule has 0 radical (unpaired) electrons. The highest BCUT2D eigenvalue weighted by Gasteiger charge is 2.29. The summed E-state index contributed by atoms with van der Waals surface area (Å²) in [7, 11) is 0. The largest absolute Gasteiger partial charge is 0.462 e. The van der Waals surface area contributed by atoms with Crippen LogP contribution in [-0.2, 0) is 9.47 Å². The van der Waals surface area contributed by atoms with E-state index in [0.29, 0.717) is 44.4 Å².